The first-order valence-corrected chi connectivity index (χ1v) is 4.55. The maximum Gasteiger partial charge on any atom is 0.419 e. The summed E-state index contributed by atoms with van der Waals surface area (Å²) in [4.78, 5) is 11.0. The number of methoxy groups -OCH3 is 1. The number of rotatable bonds is 1. The molecule has 2 nitrogen and oxygen atoms in total. The van der Waals surface area contributed by atoms with E-state index in [1.807, 2.05) is 0 Å². The smallest absolute Gasteiger partial charge is 0.419 e. The Balaban J connectivity index is 3.65. The average molecular weight is 290 g/mol. The van der Waals surface area contributed by atoms with Crippen LogP contribution in [0.2, 0.25) is 0 Å². The van der Waals surface area contributed by atoms with Crippen molar-refractivity contribution in [2.45, 2.75) is 12.4 Å². The summed E-state index contributed by atoms with van der Waals surface area (Å²) < 4.78 is 92.1. The first-order chi connectivity index (χ1) is 8.50. The van der Waals surface area contributed by atoms with E-state index in [0.717, 1.165) is 7.11 Å². The summed E-state index contributed by atoms with van der Waals surface area (Å²) in [5, 5.41) is 0. The quantitative estimate of drug-likeness (QED) is 0.583. The van der Waals surface area contributed by atoms with Crippen molar-refractivity contribution in [3.8, 4) is 0 Å². The van der Waals surface area contributed by atoms with Crippen LogP contribution in [0, 0.1) is 5.82 Å². The number of hydrogen-bond donors (Lipinski definition) is 0. The minimum absolute atomic E-state index is 0.0157. The van der Waals surface area contributed by atoms with Gasteiger partial charge in [0.05, 0.1) is 18.2 Å². The summed E-state index contributed by atoms with van der Waals surface area (Å²) in [6, 6.07) is 0.275. The molecule has 0 heterocycles. The van der Waals surface area contributed by atoms with Crippen LogP contribution in [0.4, 0.5) is 30.7 Å². The average Bonchev–Trinajstić information content (AvgIpc) is 2.24. The molecule has 1 rings (SSSR count). The summed E-state index contributed by atoms with van der Waals surface area (Å²) in [6.45, 7) is 0. The third-order valence-electron chi connectivity index (χ3n) is 2.14. The lowest BCUT2D eigenvalue weighted by atomic mass is 10.0. The van der Waals surface area contributed by atoms with Crippen molar-refractivity contribution >= 4 is 5.97 Å². The number of carbonyl (C=O) groups is 1. The second-order valence-electron chi connectivity index (χ2n) is 3.34. The second-order valence-corrected chi connectivity index (χ2v) is 3.34. The van der Waals surface area contributed by atoms with Crippen molar-refractivity contribution in [2.24, 2.45) is 0 Å². The topological polar surface area (TPSA) is 26.3 Å². The molecular weight excluding hydrogens is 285 g/mol. The van der Waals surface area contributed by atoms with Gasteiger partial charge in [-0.1, -0.05) is 0 Å². The van der Waals surface area contributed by atoms with Crippen LogP contribution < -0.4 is 0 Å². The highest BCUT2D eigenvalue weighted by molar-refractivity contribution is 5.90. The predicted molar refractivity (Wildman–Crippen MR) is 47.7 cm³/mol. The Labute approximate surface area is 101 Å². The van der Waals surface area contributed by atoms with E-state index in [-0.39, 0.29) is 6.07 Å². The lowest BCUT2D eigenvalue weighted by Crippen LogP contribution is -2.21. The van der Waals surface area contributed by atoms with Gasteiger partial charge in [0.25, 0.3) is 0 Å². The van der Waals surface area contributed by atoms with Crippen molar-refractivity contribution in [3.63, 3.8) is 0 Å². The Morgan fingerprint density at radius 3 is 1.95 bits per heavy atom. The standard InChI is InChI=1S/C10H5F7O2/c1-19-8(18)4-2-3-5(9(12,13)14)6(7(4)11)10(15,16)17/h2-3H,1H3. The molecule has 0 atom stereocenters. The Hall–Kier alpha value is -1.80. The van der Waals surface area contributed by atoms with Gasteiger partial charge in [-0.15, -0.1) is 0 Å². The van der Waals surface area contributed by atoms with E-state index in [9.17, 15) is 35.5 Å². The van der Waals surface area contributed by atoms with Crippen molar-refractivity contribution in [3.05, 3.63) is 34.6 Å². The van der Waals surface area contributed by atoms with Crippen molar-refractivity contribution in [1.29, 1.82) is 0 Å². The minimum Gasteiger partial charge on any atom is -0.465 e. The molecule has 106 valence electrons. The Kier molecular flexibility index (Phi) is 3.78. The third-order valence-corrected chi connectivity index (χ3v) is 2.14. The zero-order valence-corrected chi connectivity index (χ0v) is 9.12. The summed E-state index contributed by atoms with van der Waals surface area (Å²) in [5.41, 5.74) is -5.96. The van der Waals surface area contributed by atoms with Gasteiger partial charge in [-0.05, 0) is 12.1 Å². The van der Waals surface area contributed by atoms with E-state index < -0.39 is 40.8 Å². The molecule has 0 fully saturated rings. The fourth-order valence-electron chi connectivity index (χ4n) is 1.36. The number of benzene rings is 1. The molecule has 0 amide bonds. The molecule has 0 saturated carbocycles. The molecule has 0 spiro atoms. The molecule has 9 heteroatoms. The molecule has 1 aromatic carbocycles. The predicted octanol–water partition coefficient (Wildman–Crippen LogP) is 3.65. The van der Waals surface area contributed by atoms with Crippen LogP contribution in [0.5, 0.6) is 0 Å². The van der Waals surface area contributed by atoms with Gasteiger partial charge < -0.3 is 4.74 Å². The van der Waals surface area contributed by atoms with Gasteiger partial charge in [-0.25, -0.2) is 9.18 Å². The van der Waals surface area contributed by atoms with E-state index in [1.165, 1.54) is 0 Å². The van der Waals surface area contributed by atoms with Gasteiger partial charge in [0, 0.05) is 0 Å². The molecule has 0 saturated heterocycles. The Morgan fingerprint density at radius 1 is 1.05 bits per heavy atom. The van der Waals surface area contributed by atoms with Crippen molar-refractivity contribution in [2.75, 3.05) is 7.11 Å². The molecule has 0 aliphatic heterocycles. The molecule has 0 aliphatic carbocycles. The molecule has 19 heavy (non-hydrogen) atoms. The van der Waals surface area contributed by atoms with Gasteiger partial charge in [0.15, 0.2) is 5.82 Å². The lowest BCUT2D eigenvalue weighted by molar-refractivity contribution is -0.163. The molecule has 0 radical (unpaired) electrons. The lowest BCUT2D eigenvalue weighted by Gasteiger charge is -2.17. The van der Waals surface area contributed by atoms with Crippen LogP contribution in [0.3, 0.4) is 0 Å². The zero-order chi connectivity index (χ0) is 15.0. The summed E-state index contributed by atoms with van der Waals surface area (Å²) in [5.74, 6) is -3.81. The highest BCUT2D eigenvalue weighted by Gasteiger charge is 2.46. The zero-order valence-electron chi connectivity index (χ0n) is 9.12. The van der Waals surface area contributed by atoms with Crippen molar-refractivity contribution < 1.29 is 40.3 Å². The molecule has 0 aliphatic rings. The van der Waals surface area contributed by atoms with Crippen LogP contribution in [-0.2, 0) is 17.1 Å². The van der Waals surface area contributed by atoms with Crippen LogP contribution in [0.15, 0.2) is 12.1 Å². The number of hydrogen-bond acceptors (Lipinski definition) is 2. The monoisotopic (exact) mass is 290 g/mol. The van der Waals surface area contributed by atoms with Gasteiger partial charge in [0.2, 0.25) is 0 Å². The number of alkyl halides is 6. The molecule has 0 unspecified atom stereocenters. The van der Waals surface area contributed by atoms with Crippen LogP contribution >= 0.6 is 0 Å². The number of esters is 1. The maximum absolute atomic E-state index is 13.5. The largest absolute Gasteiger partial charge is 0.465 e. The molecular formula is C10H5F7O2. The highest BCUT2D eigenvalue weighted by atomic mass is 19.4. The second kappa shape index (κ2) is 4.71. The molecule has 1 aromatic rings. The summed E-state index contributed by atoms with van der Waals surface area (Å²) in [6.07, 6.45) is -11.0. The molecule has 0 bridgehead atoms. The van der Waals surface area contributed by atoms with Crippen LogP contribution in [0.25, 0.3) is 0 Å². The fraction of sp³-hybridized carbons (Fsp3) is 0.300. The van der Waals surface area contributed by atoms with Gasteiger partial charge >= 0.3 is 18.3 Å². The van der Waals surface area contributed by atoms with Crippen LogP contribution in [0.1, 0.15) is 21.5 Å². The Morgan fingerprint density at radius 2 is 1.58 bits per heavy atom. The van der Waals surface area contributed by atoms with Crippen LogP contribution in [-0.4, -0.2) is 13.1 Å². The fourth-order valence-corrected chi connectivity index (χ4v) is 1.36. The van der Waals surface area contributed by atoms with Gasteiger partial charge in [-0.2, -0.15) is 26.3 Å². The first kappa shape index (κ1) is 15.3. The minimum atomic E-state index is -5.60. The van der Waals surface area contributed by atoms with Gasteiger partial charge in [-0.3, -0.25) is 0 Å². The summed E-state index contributed by atoms with van der Waals surface area (Å²) in [7, 11) is 0.757. The highest BCUT2D eigenvalue weighted by Crippen LogP contribution is 2.42. The number of carbonyl (C=O) groups excluding carboxylic acids is 1. The van der Waals surface area contributed by atoms with Gasteiger partial charge in [0.1, 0.15) is 5.56 Å². The summed E-state index contributed by atoms with van der Waals surface area (Å²) >= 11 is 0. The van der Waals surface area contributed by atoms with E-state index in [1.54, 1.807) is 0 Å². The number of ether oxygens (including phenoxy) is 1. The first-order valence-electron chi connectivity index (χ1n) is 4.55. The van der Waals surface area contributed by atoms with E-state index in [2.05, 4.69) is 4.74 Å². The third kappa shape index (κ3) is 2.96. The number of halogens is 7. The van der Waals surface area contributed by atoms with E-state index >= 15 is 0 Å². The van der Waals surface area contributed by atoms with E-state index in [0.29, 0.717) is 6.07 Å². The van der Waals surface area contributed by atoms with E-state index in [4.69, 9.17) is 0 Å². The SMILES string of the molecule is COC(=O)c1ccc(C(F)(F)F)c(C(F)(F)F)c1F. The Bertz CT molecular complexity index is 502. The molecule has 0 N–H and O–H groups in total. The molecule has 0 aromatic heterocycles. The normalized spacial score (nSPS) is 12.4. The maximum atomic E-state index is 13.5. The van der Waals surface area contributed by atoms with Crippen molar-refractivity contribution in [1.82, 2.24) is 0 Å².